The number of hydrogen-bond donors (Lipinski definition) is 5. The summed E-state index contributed by atoms with van der Waals surface area (Å²) < 4.78 is 4.90. The van der Waals surface area contributed by atoms with Crippen LogP contribution in [0.4, 0.5) is 0 Å². The standard InChI is InChI=1S/C26H27N3O6/c1-13(22-17(12-20(31)35-3)15-8-4-6-10-18(15)28-22)23-21(16-9-5-7-11-19(16)29-23)24(32)26(27,14(2)30)25(33)34/h4-11,13,24,28-29,32H,12,27H2,1-3H3,(H,33,34)/t13?,24?,26-/m0/s1. The Labute approximate surface area is 200 Å². The number of nitrogens with one attached hydrogen (secondary N) is 2. The zero-order valence-corrected chi connectivity index (χ0v) is 19.6. The van der Waals surface area contributed by atoms with Crippen molar-refractivity contribution < 1.29 is 29.3 Å². The molecule has 0 amide bonds. The van der Waals surface area contributed by atoms with E-state index in [9.17, 15) is 24.6 Å². The van der Waals surface area contributed by atoms with Crippen molar-refractivity contribution in [3.63, 3.8) is 0 Å². The molecule has 2 aromatic heterocycles. The van der Waals surface area contributed by atoms with Crippen molar-refractivity contribution in [3.05, 3.63) is 71.0 Å². The Morgan fingerprint density at radius 3 is 2.11 bits per heavy atom. The van der Waals surface area contributed by atoms with E-state index in [0.29, 0.717) is 22.3 Å². The number of Topliss-reactive ketones (excluding diaryl/α,β-unsaturated/α-hetero) is 1. The molecule has 9 nitrogen and oxygen atoms in total. The van der Waals surface area contributed by atoms with Gasteiger partial charge in [0.05, 0.1) is 13.5 Å². The fourth-order valence-corrected chi connectivity index (χ4v) is 4.65. The van der Waals surface area contributed by atoms with Gasteiger partial charge in [-0.15, -0.1) is 0 Å². The average Bonchev–Trinajstić information content (AvgIpc) is 3.41. The number of carboxylic acids is 1. The summed E-state index contributed by atoms with van der Waals surface area (Å²) in [4.78, 5) is 43.2. The van der Waals surface area contributed by atoms with Gasteiger partial charge in [0.2, 0.25) is 5.54 Å². The maximum absolute atomic E-state index is 12.3. The number of carbonyl (C=O) groups excluding carboxylic acids is 2. The van der Waals surface area contributed by atoms with Crippen molar-refractivity contribution in [1.82, 2.24) is 9.97 Å². The largest absolute Gasteiger partial charge is 0.479 e. The highest BCUT2D eigenvalue weighted by Gasteiger charge is 2.49. The zero-order chi connectivity index (χ0) is 25.5. The third-order valence-electron chi connectivity index (χ3n) is 6.68. The average molecular weight is 478 g/mol. The first-order chi connectivity index (χ1) is 16.6. The minimum atomic E-state index is -2.55. The van der Waals surface area contributed by atoms with Crippen molar-refractivity contribution >= 4 is 39.5 Å². The fraction of sp³-hybridized carbons (Fsp3) is 0.269. The van der Waals surface area contributed by atoms with Gasteiger partial charge in [0, 0.05) is 44.7 Å². The van der Waals surface area contributed by atoms with Crippen molar-refractivity contribution in [2.24, 2.45) is 5.73 Å². The summed E-state index contributed by atoms with van der Waals surface area (Å²) in [5, 5.41) is 22.5. The van der Waals surface area contributed by atoms with Crippen LogP contribution in [-0.4, -0.2) is 50.6 Å². The van der Waals surface area contributed by atoms with Crippen LogP contribution in [0.25, 0.3) is 21.8 Å². The molecule has 9 heteroatoms. The van der Waals surface area contributed by atoms with Crippen LogP contribution in [-0.2, 0) is 25.5 Å². The van der Waals surface area contributed by atoms with Gasteiger partial charge in [-0.25, -0.2) is 4.79 Å². The molecule has 6 N–H and O–H groups in total. The lowest BCUT2D eigenvalue weighted by molar-refractivity contribution is -0.153. The number of ether oxygens (including phenoxy) is 1. The lowest BCUT2D eigenvalue weighted by Crippen LogP contribution is -2.58. The number of aliphatic hydroxyl groups excluding tert-OH is 1. The van der Waals surface area contributed by atoms with Crippen molar-refractivity contribution in [3.8, 4) is 0 Å². The second-order valence-corrected chi connectivity index (χ2v) is 8.67. The molecule has 4 rings (SSSR count). The van der Waals surface area contributed by atoms with Gasteiger partial charge in [-0.1, -0.05) is 43.3 Å². The Balaban J connectivity index is 1.96. The number of carbonyl (C=O) groups is 3. The number of carboxylic acid groups (broad SMARTS) is 1. The quantitative estimate of drug-likeness (QED) is 0.193. The minimum absolute atomic E-state index is 0.0156. The molecule has 3 atom stereocenters. The Morgan fingerprint density at radius 1 is 1.00 bits per heavy atom. The van der Waals surface area contributed by atoms with Crippen molar-refractivity contribution in [1.29, 1.82) is 0 Å². The first kappa shape index (κ1) is 24.2. The number of methoxy groups -OCH3 is 1. The number of hydrogen-bond acceptors (Lipinski definition) is 6. The molecule has 0 saturated heterocycles. The zero-order valence-electron chi connectivity index (χ0n) is 19.6. The Morgan fingerprint density at radius 2 is 1.54 bits per heavy atom. The number of benzene rings is 2. The van der Waals surface area contributed by atoms with Gasteiger partial charge in [-0.2, -0.15) is 0 Å². The van der Waals surface area contributed by atoms with Crippen LogP contribution < -0.4 is 5.73 Å². The number of para-hydroxylation sites is 2. The molecule has 0 aliphatic rings. The molecule has 0 radical (unpaired) electrons. The molecular weight excluding hydrogens is 450 g/mol. The Bertz CT molecular complexity index is 1440. The number of rotatable bonds is 8. The van der Waals surface area contributed by atoms with Gasteiger partial charge < -0.3 is 30.7 Å². The van der Waals surface area contributed by atoms with E-state index in [0.717, 1.165) is 23.4 Å². The second-order valence-electron chi connectivity index (χ2n) is 8.67. The molecular formula is C26H27N3O6. The first-order valence-electron chi connectivity index (χ1n) is 11.1. The third kappa shape index (κ3) is 3.88. The predicted octanol–water partition coefficient (Wildman–Crippen LogP) is 2.92. The van der Waals surface area contributed by atoms with Gasteiger partial charge in [0.1, 0.15) is 6.10 Å². The Hall–Kier alpha value is -3.95. The number of fused-ring (bicyclic) bond motifs is 2. The van der Waals surface area contributed by atoms with E-state index >= 15 is 0 Å². The third-order valence-corrected chi connectivity index (χ3v) is 6.68. The Kier molecular flexibility index (Phi) is 6.23. The van der Waals surface area contributed by atoms with Gasteiger partial charge in [-0.05, 0) is 24.6 Å². The van der Waals surface area contributed by atoms with Crippen LogP contribution in [0.1, 0.15) is 48.4 Å². The lowest BCUT2D eigenvalue weighted by Gasteiger charge is -2.29. The molecule has 0 spiro atoms. The van der Waals surface area contributed by atoms with E-state index in [-0.39, 0.29) is 12.0 Å². The molecule has 2 heterocycles. The molecule has 0 saturated carbocycles. The summed E-state index contributed by atoms with van der Waals surface area (Å²) >= 11 is 0. The molecule has 0 fully saturated rings. The monoisotopic (exact) mass is 477 g/mol. The normalized spacial score (nSPS) is 15.0. The number of aromatic amines is 2. The summed E-state index contributed by atoms with van der Waals surface area (Å²) in [6.07, 6.45) is -1.82. The molecule has 4 aromatic rings. The van der Waals surface area contributed by atoms with Crippen LogP contribution in [0.5, 0.6) is 0 Å². The number of aliphatic carboxylic acids is 1. The number of aromatic nitrogens is 2. The van der Waals surface area contributed by atoms with Gasteiger partial charge >= 0.3 is 11.9 Å². The van der Waals surface area contributed by atoms with Crippen LogP contribution in [0.15, 0.2) is 48.5 Å². The number of H-pyrrole nitrogens is 2. The molecule has 0 bridgehead atoms. The van der Waals surface area contributed by atoms with Gasteiger partial charge in [0.25, 0.3) is 0 Å². The fourth-order valence-electron chi connectivity index (χ4n) is 4.65. The van der Waals surface area contributed by atoms with E-state index in [1.807, 2.05) is 31.2 Å². The van der Waals surface area contributed by atoms with Crippen LogP contribution in [0.2, 0.25) is 0 Å². The predicted molar refractivity (Wildman–Crippen MR) is 130 cm³/mol. The SMILES string of the molecule is COC(=O)Cc1c(C(C)c2[nH]c3ccccc3c2C(O)[C@@](N)(C(C)=O)C(=O)O)[nH]c2ccccc12. The summed E-state index contributed by atoms with van der Waals surface area (Å²) in [6.45, 7) is 2.90. The van der Waals surface area contributed by atoms with Crippen LogP contribution >= 0.6 is 0 Å². The first-order valence-corrected chi connectivity index (χ1v) is 11.1. The molecule has 2 aromatic carbocycles. The van der Waals surface area contributed by atoms with Crippen LogP contribution in [0, 0.1) is 0 Å². The minimum Gasteiger partial charge on any atom is -0.479 e. The second kappa shape index (κ2) is 9.01. The summed E-state index contributed by atoms with van der Waals surface area (Å²) in [7, 11) is 1.32. The van der Waals surface area contributed by atoms with Crippen molar-refractivity contribution in [2.75, 3.05) is 7.11 Å². The van der Waals surface area contributed by atoms with E-state index in [2.05, 4.69) is 9.97 Å². The number of nitrogens with two attached hydrogens (primary N) is 1. The van der Waals surface area contributed by atoms with E-state index in [4.69, 9.17) is 10.5 Å². The topological polar surface area (TPSA) is 158 Å². The van der Waals surface area contributed by atoms with E-state index < -0.39 is 35.3 Å². The lowest BCUT2D eigenvalue weighted by atomic mass is 9.82. The molecule has 2 unspecified atom stereocenters. The van der Waals surface area contributed by atoms with Gasteiger partial charge in [-0.3, -0.25) is 9.59 Å². The van der Waals surface area contributed by atoms with Gasteiger partial charge in [0.15, 0.2) is 5.78 Å². The number of aliphatic hydroxyl groups is 1. The molecule has 182 valence electrons. The van der Waals surface area contributed by atoms with E-state index in [1.54, 1.807) is 24.3 Å². The van der Waals surface area contributed by atoms with E-state index in [1.165, 1.54) is 7.11 Å². The molecule has 0 aliphatic carbocycles. The maximum Gasteiger partial charge on any atom is 0.334 e. The highest BCUT2D eigenvalue weighted by Crippen LogP contribution is 2.40. The number of esters is 1. The summed E-state index contributed by atoms with van der Waals surface area (Å²) in [5.74, 6) is -3.38. The maximum atomic E-state index is 12.3. The molecule has 0 aliphatic heterocycles. The number of ketones is 1. The van der Waals surface area contributed by atoms with Crippen LogP contribution in [0.3, 0.4) is 0 Å². The summed E-state index contributed by atoms with van der Waals surface area (Å²) in [5.41, 5.74) is 7.04. The molecule has 35 heavy (non-hydrogen) atoms. The highest BCUT2D eigenvalue weighted by molar-refractivity contribution is 6.08. The summed E-state index contributed by atoms with van der Waals surface area (Å²) in [6, 6.07) is 14.6. The smallest absolute Gasteiger partial charge is 0.334 e. The highest BCUT2D eigenvalue weighted by atomic mass is 16.5. The van der Waals surface area contributed by atoms with Crippen molar-refractivity contribution in [2.45, 2.75) is 37.8 Å².